The summed E-state index contributed by atoms with van der Waals surface area (Å²) in [7, 11) is 0. The highest BCUT2D eigenvalue weighted by Gasteiger charge is 2.22. The predicted molar refractivity (Wildman–Crippen MR) is 69.1 cm³/mol. The van der Waals surface area contributed by atoms with Gasteiger partial charge < -0.3 is 0 Å². The van der Waals surface area contributed by atoms with Gasteiger partial charge in [-0.15, -0.1) is 0 Å². The first-order valence-electron chi connectivity index (χ1n) is 6.59. The molecule has 98 valence electrons. The Morgan fingerprint density at radius 1 is 1.33 bits per heavy atom. The van der Waals surface area contributed by atoms with Crippen LogP contribution in [0.15, 0.2) is 24.3 Å². The van der Waals surface area contributed by atoms with Crippen LogP contribution < -0.4 is 0 Å². The average Bonchev–Trinajstić information content (AvgIpc) is 2.36. The maximum absolute atomic E-state index is 11.8. The maximum atomic E-state index is 11.8. The number of carbonyl (C=O) groups excluding carboxylic acids is 1. The third kappa shape index (κ3) is 3.57. The van der Waals surface area contributed by atoms with Crippen molar-refractivity contribution < 1.29 is 14.6 Å². The Morgan fingerprint density at radius 2 is 2.17 bits per heavy atom. The van der Waals surface area contributed by atoms with Crippen LogP contribution in [0.2, 0.25) is 0 Å². The van der Waals surface area contributed by atoms with Crippen molar-refractivity contribution in [2.45, 2.75) is 45.6 Å². The molecule has 0 bridgehead atoms. The largest absolute Gasteiger partial charge is 0.373 e. The smallest absolute Gasteiger partial charge is 0.293 e. The average molecular weight is 248 g/mol. The van der Waals surface area contributed by atoms with Gasteiger partial charge in [0.2, 0.25) is 0 Å². The van der Waals surface area contributed by atoms with E-state index in [1.54, 1.807) is 12.1 Å². The molecule has 0 aliphatic heterocycles. The maximum Gasteiger partial charge on any atom is 0.373 e. The Hall–Kier alpha value is -1.35. The number of hydrogen-bond acceptors (Lipinski definition) is 3. The Bertz CT molecular complexity index is 414. The van der Waals surface area contributed by atoms with E-state index in [1.165, 1.54) is 6.42 Å². The zero-order valence-electron chi connectivity index (χ0n) is 11.0. The Balaban J connectivity index is 1.84. The van der Waals surface area contributed by atoms with E-state index in [9.17, 15) is 4.79 Å². The number of hydrogen-bond donors (Lipinski definition) is 0. The van der Waals surface area contributed by atoms with Crippen LogP contribution in [0.4, 0.5) is 0 Å². The molecule has 0 amide bonds. The first kappa shape index (κ1) is 13.1. The van der Waals surface area contributed by atoms with Gasteiger partial charge in [-0.25, -0.2) is 4.79 Å². The molecular weight excluding hydrogens is 228 g/mol. The minimum absolute atomic E-state index is 0.0579. The first-order valence-corrected chi connectivity index (χ1v) is 6.59. The van der Waals surface area contributed by atoms with Crippen molar-refractivity contribution in [3.63, 3.8) is 0 Å². The number of carbonyl (C=O) groups is 1. The van der Waals surface area contributed by atoms with Crippen molar-refractivity contribution in [1.29, 1.82) is 0 Å². The quantitative estimate of drug-likeness (QED) is 0.605. The Labute approximate surface area is 108 Å². The first-order chi connectivity index (χ1) is 8.65. The summed E-state index contributed by atoms with van der Waals surface area (Å²) in [4.78, 5) is 22.0. The summed E-state index contributed by atoms with van der Waals surface area (Å²) >= 11 is 0. The Kier molecular flexibility index (Phi) is 4.37. The molecule has 1 aliphatic rings. The van der Waals surface area contributed by atoms with Crippen molar-refractivity contribution in [3.05, 3.63) is 35.4 Å². The van der Waals surface area contributed by atoms with Gasteiger partial charge in [-0.2, -0.15) is 4.89 Å². The highest BCUT2D eigenvalue weighted by Crippen LogP contribution is 2.26. The van der Waals surface area contributed by atoms with Crippen molar-refractivity contribution in [1.82, 2.24) is 0 Å². The number of aryl methyl sites for hydroxylation is 1. The molecule has 18 heavy (non-hydrogen) atoms. The fourth-order valence-electron chi connectivity index (χ4n) is 2.40. The van der Waals surface area contributed by atoms with Crippen LogP contribution in [-0.4, -0.2) is 12.1 Å². The SMILES string of the molecule is Cc1cccc(C(=O)OOC2CCCC(C)C2)c1. The molecule has 2 atom stereocenters. The second-order valence-electron chi connectivity index (χ2n) is 5.23. The molecule has 2 unspecified atom stereocenters. The molecule has 0 saturated heterocycles. The summed E-state index contributed by atoms with van der Waals surface area (Å²) in [6.07, 6.45) is 4.40. The zero-order chi connectivity index (χ0) is 13.0. The minimum atomic E-state index is -0.406. The molecule has 0 heterocycles. The second-order valence-corrected chi connectivity index (χ2v) is 5.23. The Morgan fingerprint density at radius 3 is 2.89 bits per heavy atom. The van der Waals surface area contributed by atoms with Crippen molar-refractivity contribution in [3.8, 4) is 0 Å². The molecule has 1 aromatic carbocycles. The van der Waals surface area contributed by atoms with Crippen LogP contribution in [0.1, 0.15) is 48.5 Å². The summed E-state index contributed by atoms with van der Waals surface area (Å²) in [6.45, 7) is 4.15. The molecule has 0 radical (unpaired) electrons. The lowest BCUT2D eigenvalue weighted by atomic mass is 9.89. The van der Waals surface area contributed by atoms with Crippen molar-refractivity contribution in [2.75, 3.05) is 0 Å². The van der Waals surface area contributed by atoms with Crippen LogP contribution in [0.5, 0.6) is 0 Å². The lowest BCUT2D eigenvalue weighted by Gasteiger charge is -2.24. The van der Waals surface area contributed by atoms with Crippen LogP contribution in [0.3, 0.4) is 0 Å². The van der Waals surface area contributed by atoms with Crippen LogP contribution in [-0.2, 0) is 9.78 Å². The van der Waals surface area contributed by atoms with Gasteiger partial charge in [-0.05, 0) is 37.8 Å². The van der Waals surface area contributed by atoms with Gasteiger partial charge in [0, 0.05) is 0 Å². The summed E-state index contributed by atoms with van der Waals surface area (Å²) in [5, 5.41) is 0. The van der Waals surface area contributed by atoms with E-state index in [2.05, 4.69) is 6.92 Å². The van der Waals surface area contributed by atoms with Gasteiger partial charge in [0.05, 0.1) is 5.56 Å². The van der Waals surface area contributed by atoms with Crippen LogP contribution >= 0.6 is 0 Å². The molecule has 1 aliphatic carbocycles. The van der Waals surface area contributed by atoms with E-state index >= 15 is 0 Å². The van der Waals surface area contributed by atoms with Gasteiger partial charge in [0.25, 0.3) is 0 Å². The van der Waals surface area contributed by atoms with Crippen LogP contribution in [0.25, 0.3) is 0 Å². The lowest BCUT2D eigenvalue weighted by Crippen LogP contribution is -2.23. The molecule has 0 aromatic heterocycles. The van der Waals surface area contributed by atoms with E-state index in [1.807, 2.05) is 19.1 Å². The van der Waals surface area contributed by atoms with E-state index in [0.717, 1.165) is 24.8 Å². The van der Waals surface area contributed by atoms with Crippen molar-refractivity contribution >= 4 is 5.97 Å². The molecule has 0 N–H and O–H groups in total. The number of benzene rings is 1. The molecule has 2 rings (SSSR count). The zero-order valence-corrected chi connectivity index (χ0v) is 11.0. The lowest BCUT2D eigenvalue weighted by molar-refractivity contribution is -0.281. The fraction of sp³-hybridized carbons (Fsp3) is 0.533. The number of rotatable bonds is 3. The monoisotopic (exact) mass is 248 g/mol. The van der Waals surface area contributed by atoms with E-state index in [4.69, 9.17) is 9.78 Å². The normalized spacial score (nSPS) is 23.7. The van der Waals surface area contributed by atoms with Gasteiger partial charge in [-0.1, -0.05) is 37.5 Å². The predicted octanol–water partition coefficient (Wildman–Crippen LogP) is 3.66. The summed E-state index contributed by atoms with van der Waals surface area (Å²) < 4.78 is 0. The third-order valence-corrected chi connectivity index (χ3v) is 3.40. The van der Waals surface area contributed by atoms with Crippen molar-refractivity contribution in [2.24, 2.45) is 5.92 Å². The fourth-order valence-corrected chi connectivity index (χ4v) is 2.40. The summed E-state index contributed by atoms with van der Waals surface area (Å²) in [5.74, 6) is 0.248. The van der Waals surface area contributed by atoms with E-state index < -0.39 is 5.97 Å². The second kappa shape index (κ2) is 6.01. The minimum Gasteiger partial charge on any atom is -0.293 e. The summed E-state index contributed by atoms with van der Waals surface area (Å²) in [6, 6.07) is 7.33. The highest BCUT2D eigenvalue weighted by molar-refractivity contribution is 5.89. The van der Waals surface area contributed by atoms with Gasteiger partial charge >= 0.3 is 5.97 Å². The third-order valence-electron chi connectivity index (χ3n) is 3.40. The molecule has 1 fully saturated rings. The summed E-state index contributed by atoms with van der Waals surface area (Å²) in [5.41, 5.74) is 1.58. The molecule has 3 heteroatoms. The molecule has 1 aromatic rings. The molecule has 3 nitrogen and oxygen atoms in total. The van der Waals surface area contributed by atoms with Gasteiger partial charge in [0.15, 0.2) is 0 Å². The molecular formula is C15H20O3. The van der Waals surface area contributed by atoms with E-state index in [0.29, 0.717) is 11.5 Å². The molecule has 0 spiro atoms. The van der Waals surface area contributed by atoms with Gasteiger partial charge in [-0.3, -0.25) is 4.89 Å². The molecule has 1 saturated carbocycles. The van der Waals surface area contributed by atoms with E-state index in [-0.39, 0.29) is 6.10 Å². The van der Waals surface area contributed by atoms with Crippen LogP contribution in [0, 0.1) is 12.8 Å². The van der Waals surface area contributed by atoms with Gasteiger partial charge in [0.1, 0.15) is 6.10 Å². The standard InChI is InChI=1S/C15H20O3/c1-11-5-3-7-13(9-11)15(16)18-17-14-8-4-6-12(2)10-14/h3,5,7,9,12,14H,4,6,8,10H2,1-2H3. The highest BCUT2D eigenvalue weighted by atomic mass is 17.2. The topological polar surface area (TPSA) is 35.5 Å².